The van der Waals surface area contributed by atoms with Gasteiger partial charge in [-0.3, -0.25) is 0 Å². The molecule has 0 aliphatic rings. The van der Waals surface area contributed by atoms with Crippen molar-refractivity contribution < 1.29 is 13.5 Å². The van der Waals surface area contributed by atoms with Crippen LogP contribution in [0, 0.1) is 5.92 Å². The molecule has 0 aliphatic heterocycles. The number of sulfonamides is 1. The topological polar surface area (TPSA) is 66.4 Å². The summed E-state index contributed by atoms with van der Waals surface area (Å²) in [6, 6.07) is 3.89. The molecule has 1 aromatic rings. The largest absolute Gasteiger partial charge is 0.395 e. The van der Waals surface area contributed by atoms with Crippen molar-refractivity contribution in [3.8, 4) is 0 Å². The smallest absolute Gasteiger partial charge is 0.240 e. The number of aliphatic hydroxyl groups is 1. The van der Waals surface area contributed by atoms with Gasteiger partial charge in [-0.1, -0.05) is 25.4 Å². The maximum Gasteiger partial charge on any atom is 0.240 e. The highest BCUT2D eigenvalue weighted by molar-refractivity contribution is 9.10. The van der Waals surface area contributed by atoms with Crippen LogP contribution >= 0.6 is 27.5 Å². The molecule has 0 spiro atoms. The quantitative estimate of drug-likeness (QED) is 0.809. The van der Waals surface area contributed by atoms with Crippen LogP contribution in [-0.4, -0.2) is 26.2 Å². The first-order valence-corrected chi connectivity index (χ1v) is 8.50. The van der Waals surface area contributed by atoms with Crippen molar-refractivity contribution in [1.82, 2.24) is 4.72 Å². The fraction of sp³-hybridized carbons (Fsp3) is 0.500. The van der Waals surface area contributed by atoms with Crippen LogP contribution in [0.25, 0.3) is 0 Å². The summed E-state index contributed by atoms with van der Waals surface area (Å²) in [5, 5.41) is 9.67. The zero-order chi connectivity index (χ0) is 14.6. The van der Waals surface area contributed by atoms with Gasteiger partial charge in [-0.05, 0) is 46.5 Å². The highest BCUT2D eigenvalue weighted by Gasteiger charge is 2.21. The minimum atomic E-state index is -3.66. The molecular formula is C12H17BrClNO3S. The first-order chi connectivity index (χ1) is 8.76. The number of rotatable bonds is 6. The minimum absolute atomic E-state index is 0.117. The van der Waals surface area contributed by atoms with E-state index in [1.54, 1.807) is 0 Å². The van der Waals surface area contributed by atoms with E-state index in [-0.39, 0.29) is 17.4 Å². The van der Waals surface area contributed by atoms with Gasteiger partial charge in [0, 0.05) is 10.5 Å². The van der Waals surface area contributed by atoms with Gasteiger partial charge >= 0.3 is 0 Å². The highest BCUT2D eigenvalue weighted by Crippen LogP contribution is 2.25. The monoisotopic (exact) mass is 369 g/mol. The summed E-state index contributed by atoms with van der Waals surface area (Å²) >= 11 is 9.02. The lowest BCUT2D eigenvalue weighted by molar-refractivity contribution is 0.240. The van der Waals surface area contributed by atoms with E-state index < -0.39 is 16.1 Å². The molecule has 0 saturated carbocycles. The second-order valence-corrected chi connectivity index (χ2v) is 7.68. The summed E-state index contributed by atoms with van der Waals surface area (Å²) in [6.07, 6.45) is 0.574. The van der Waals surface area contributed by atoms with Crippen LogP contribution in [-0.2, 0) is 10.0 Å². The SMILES string of the molecule is CC(C)CC(CO)NS(=O)(=O)c1ccc(Cl)c(Br)c1. The summed E-state index contributed by atoms with van der Waals surface area (Å²) in [4.78, 5) is 0.117. The summed E-state index contributed by atoms with van der Waals surface area (Å²) in [6.45, 7) is 3.71. The number of hydrogen-bond acceptors (Lipinski definition) is 3. The average molecular weight is 371 g/mol. The Hall–Kier alpha value is -0.140. The Bertz CT molecular complexity index is 534. The van der Waals surface area contributed by atoms with Crippen LogP contribution in [0.5, 0.6) is 0 Å². The molecule has 1 rings (SSSR count). The van der Waals surface area contributed by atoms with Crippen LogP contribution in [0.15, 0.2) is 27.6 Å². The lowest BCUT2D eigenvalue weighted by Crippen LogP contribution is -2.38. The van der Waals surface area contributed by atoms with Gasteiger partial charge < -0.3 is 5.11 Å². The Morgan fingerprint density at radius 2 is 2.05 bits per heavy atom. The average Bonchev–Trinajstić information content (AvgIpc) is 2.30. The third-order valence-electron chi connectivity index (χ3n) is 2.50. The molecule has 0 fully saturated rings. The van der Waals surface area contributed by atoms with Crippen molar-refractivity contribution in [3.05, 3.63) is 27.7 Å². The molecular weight excluding hydrogens is 354 g/mol. The van der Waals surface area contributed by atoms with E-state index in [0.29, 0.717) is 15.9 Å². The predicted molar refractivity (Wildman–Crippen MR) is 79.8 cm³/mol. The van der Waals surface area contributed by atoms with Crippen molar-refractivity contribution in [3.63, 3.8) is 0 Å². The third-order valence-corrected chi connectivity index (χ3v) is 5.23. The third kappa shape index (κ3) is 5.04. The fourth-order valence-electron chi connectivity index (χ4n) is 1.66. The molecule has 7 heteroatoms. The zero-order valence-electron chi connectivity index (χ0n) is 10.7. The Balaban J connectivity index is 2.93. The Morgan fingerprint density at radius 3 is 2.53 bits per heavy atom. The van der Waals surface area contributed by atoms with Gasteiger partial charge in [-0.25, -0.2) is 13.1 Å². The Kier molecular flexibility index (Phi) is 6.26. The first-order valence-electron chi connectivity index (χ1n) is 5.84. The van der Waals surface area contributed by atoms with E-state index in [2.05, 4.69) is 20.7 Å². The molecule has 0 bridgehead atoms. The molecule has 19 heavy (non-hydrogen) atoms. The molecule has 108 valence electrons. The van der Waals surface area contributed by atoms with Crippen molar-refractivity contribution in [2.45, 2.75) is 31.2 Å². The molecule has 1 aromatic carbocycles. The summed E-state index contributed by atoms with van der Waals surface area (Å²) in [7, 11) is -3.66. The fourth-order valence-corrected chi connectivity index (χ4v) is 3.57. The van der Waals surface area contributed by atoms with Gasteiger partial charge in [0.2, 0.25) is 10.0 Å². The van der Waals surface area contributed by atoms with Crippen molar-refractivity contribution in [2.75, 3.05) is 6.61 Å². The van der Waals surface area contributed by atoms with Gasteiger partial charge in [0.15, 0.2) is 0 Å². The molecule has 0 aliphatic carbocycles. The lowest BCUT2D eigenvalue weighted by Gasteiger charge is -2.18. The zero-order valence-corrected chi connectivity index (χ0v) is 13.9. The molecule has 1 atom stereocenters. The van der Waals surface area contributed by atoms with Crippen LogP contribution in [0.3, 0.4) is 0 Å². The highest BCUT2D eigenvalue weighted by atomic mass is 79.9. The molecule has 2 N–H and O–H groups in total. The van der Waals surface area contributed by atoms with E-state index in [1.807, 2.05) is 13.8 Å². The second-order valence-electron chi connectivity index (χ2n) is 4.71. The Morgan fingerprint density at radius 1 is 1.42 bits per heavy atom. The van der Waals surface area contributed by atoms with E-state index in [1.165, 1.54) is 18.2 Å². The summed E-state index contributed by atoms with van der Waals surface area (Å²) < 4.78 is 27.3. The van der Waals surface area contributed by atoms with E-state index in [9.17, 15) is 13.5 Å². The number of benzene rings is 1. The van der Waals surface area contributed by atoms with Crippen molar-refractivity contribution in [2.24, 2.45) is 5.92 Å². The molecule has 4 nitrogen and oxygen atoms in total. The van der Waals surface area contributed by atoms with E-state index >= 15 is 0 Å². The molecule has 0 radical (unpaired) electrons. The standard InChI is InChI=1S/C12H17BrClNO3S/c1-8(2)5-9(7-16)15-19(17,18)10-3-4-12(14)11(13)6-10/h3-4,6,8-9,15-16H,5,7H2,1-2H3. The molecule has 0 saturated heterocycles. The maximum atomic E-state index is 12.2. The number of aliphatic hydroxyl groups excluding tert-OH is 1. The molecule has 1 unspecified atom stereocenters. The molecule has 0 amide bonds. The van der Waals surface area contributed by atoms with Crippen LogP contribution < -0.4 is 4.72 Å². The predicted octanol–water partition coefficient (Wildman–Crippen LogP) is 2.79. The van der Waals surface area contributed by atoms with E-state index in [0.717, 1.165) is 0 Å². The number of halogens is 2. The maximum absolute atomic E-state index is 12.2. The minimum Gasteiger partial charge on any atom is -0.395 e. The summed E-state index contributed by atoms with van der Waals surface area (Å²) in [5.41, 5.74) is 0. The first kappa shape index (κ1) is 16.9. The number of hydrogen-bond donors (Lipinski definition) is 2. The lowest BCUT2D eigenvalue weighted by atomic mass is 10.1. The van der Waals surface area contributed by atoms with Gasteiger partial charge in [-0.15, -0.1) is 0 Å². The van der Waals surface area contributed by atoms with Gasteiger partial charge in [0.05, 0.1) is 16.5 Å². The molecule has 0 aromatic heterocycles. The van der Waals surface area contributed by atoms with E-state index in [4.69, 9.17) is 11.6 Å². The van der Waals surface area contributed by atoms with Gasteiger partial charge in [0.1, 0.15) is 0 Å². The van der Waals surface area contributed by atoms with Gasteiger partial charge in [0.25, 0.3) is 0 Å². The van der Waals surface area contributed by atoms with Crippen LogP contribution in [0.4, 0.5) is 0 Å². The van der Waals surface area contributed by atoms with Crippen LogP contribution in [0.1, 0.15) is 20.3 Å². The normalized spacial score (nSPS) is 13.8. The van der Waals surface area contributed by atoms with Crippen molar-refractivity contribution in [1.29, 1.82) is 0 Å². The molecule has 0 heterocycles. The summed E-state index contributed by atoms with van der Waals surface area (Å²) in [5.74, 6) is 0.289. The number of nitrogens with one attached hydrogen (secondary N) is 1. The van der Waals surface area contributed by atoms with Crippen molar-refractivity contribution >= 4 is 37.6 Å². The van der Waals surface area contributed by atoms with Gasteiger partial charge in [-0.2, -0.15) is 0 Å². The second kappa shape index (κ2) is 7.04. The Labute approximate surface area is 127 Å². The van der Waals surface area contributed by atoms with Crippen LogP contribution in [0.2, 0.25) is 5.02 Å².